The number of nitrogens with zero attached hydrogens (tertiary/aromatic N) is 2. The topological polar surface area (TPSA) is 44.1 Å². The van der Waals surface area contributed by atoms with Gasteiger partial charge in [-0.2, -0.15) is 0 Å². The normalized spacial score (nSPS) is 21.4. The first-order valence-electron chi connectivity index (χ1n) is 4.86. The molecule has 0 N–H and O–H groups in total. The first kappa shape index (κ1) is 9.40. The van der Waals surface area contributed by atoms with Gasteiger partial charge in [-0.3, -0.25) is 9.36 Å². The van der Waals surface area contributed by atoms with Crippen molar-refractivity contribution in [3.8, 4) is 0 Å². The van der Waals surface area contributed by atoms with Crippen molar-refractivity contribution in [2.45, 2.75) is 19.9 Å². The van der Waals surface area contributed by atoms with Crippen molar-refractivity contribution in [1.82, 2.24) is 9.55 Å². The Morgan fingerprint density at radius 3 is 3.29 bits per heavy atom. The molecule has 1 saturated heterocycles. The summed E-state index contributed by atoms with van der Waals surface area (Å²) < 4.78 is 6.94. The van der Waals surface area contributed by atoms with Crippen LogP contribution in [0.1, 0.15) is 12.0 Å². The molecule has 0 bridgehead atoms. The van der Waals surface area contributed by atoms with Crippen molar-refractivity contribution >= 4 is 0 Å². The third kappa shape index (κ3) is 1.85. The van der Waals surface area contributed by atoms with Crippen molar-refractivity contribution in [2.24, 2.45) is 5.92 Å². The molecule has 0 aliphatic carbocycles. The van der Waals surface area contributed by atoms with Gasteiger partial charge in [-0.25, -0.2) is 4.98 Å². The SMILES string of the molecule is Cc1cncn(CC2CCOC2)c1=O. The van der Waals surface area contributed by atoms with Gasteiger partial charge in [0.15, 0.2) is 0 Å². The number of hydrogen-bond donors (Lipinski definition) is 0. The molecule has 1 unspecified atom stereocenters. The van der Waals surface area contributed by atoms with E-state index in [1.54, 1.807) is 24.0 Å². The smallest absolute Gasteiger partial charge is 0.256 e. The molecular formula is C10H14N2O2. The minimum Gasteiger partial charge on any atom is -0.381 e. The molecule has 0 amide bonds. The molecule has 76 valence electrons. The lowest BCUT2D eigenvalue weighted by Gasteiger charge is -2.09. The highest BCUT2D eigenvalue weighted by Crippen LogP contribution is 2.13. The van der Waals surface area contributed by atoms with Crippen molar-refractivity contribution in [1.29, 1.82) is 0 Å². The molecule has 1 aromatic heterocycles. The summed E-state index contributed by atoms with van der Waals surface area (Å²) in [6, 6.07) is 0. The Morgan fingerprint density at radius 1 is 1.71 bits per heavy atom. The molecule has 4 nitrogen and oxygen atoms in total. The van der Waals surface area contributed by atoms with Crippen molar-refractivity contribution in [2.75, 3.05) is 13.2 Å². The number of aromatic nitrogens is 2. The van der Waals surface area contributed by atoms with E-state index < -0.39 is 0 Å². The van der Waals surface area contributed by atoms with Crippen LogP contribution in [0.15, 0.2) is 17.3 Å². The lowest BCUT2D eigenvalue weighted by atomic mass is 10.1. The lowest BCUT2D eigenvalue weighted by molar-refractivity contribution is 0.182. The molecule has 2 rings (SSSR count). The monoisotopic (exact) mass is 194 g/mol. The summed E-state index contributed by atoms with van der Waals surface area (Å²) in [4.78, 5) is 15.6. The summed E-state index contributed by atoms with van der Waals surface area (Å²) in [6.45, 7) is 4.10. The Labute approximate surface area is 82.5 Å². The first-order chi connectivity index (χ1) is 6.77. The van der Waals surface area contributed by atoms with Gasteiger partial charge in [0.25, 0.3) is 5.56 Å². The number of aryl methyl sites for hydroxylation is 1. The van der Waals surface area contributed by atoms with Crippen LogP contribution in [0.25, 0.3) is 0 Å². The molecule has 1 aromatic rings. The predicted octanol–water partition coefficient (Wildman–Crippen LogP) is 0.588. The fraction of sp³-hybridized carbons (Fsp3) is 0.600. The van der Waals surface area contributed by atoms with Gasteiger partial charge in [0.05, 0.1) is 12.9 Å². The number of rotatable bonds is 2. The maximum absolute atomic E-state index is 11.6. The molecule has 0 aromatic carbocycles. The predicted molar refractivity (Wildman–Crippen MR) is 52.2 cm³/mol. The molecule has 2 heterocycles. The highest BCUT2D eigenvalue weighted by atomic mass is 16.5. The zero-order chi connectivity index (χ0) is 9.97. The van der Waals surface area contributed by atoms with Crippen LogP contribution in [-0.2, 0) is 11.3 Å². The van der Waals surface area contributed by atoms with Crippen LogP contribution in [0, 0.1) is 12.8 Å². The average Bonchev–Trinajstić information content (AvgIpc) is 2.66. The summed E-state index contributed by atoms with van der Waals surface area (Å²) >= 11 is 0. The lowest BCUT2D eigenvalue weighted by Crippen LogP contribution is -2.25. The minimum atomic E-state index is 0.0619. The van der Waals surface area contributed by atoms with E-state index in [0.29, 0.717) is 11.5 Å². The van der Waals surface area contributed by atoms with Crippen LogP contribution in [0.4, 0.5) is 0 Å². The first-order valence-corrected chi connectivity index (χ1v) is 4.86. The summed E-state index contributed by atoms with van der Waals surface area (Å²) in [7, 11) is 0. The van der Waals surface area contributed by atoms with Gasteiger partial charge in [0, 0.05) is 30.8 Å². The second kappa shape index (κ2) is 3.92. The van der Waals surface area contributed by atoms with Crippen molar-refractivity contribution in [3.63, 3.8) is 0 Å². The molecule has 14 heavy (non-hydrogen) atoms. The largest absolute Gasteiger partial charge is 0.381 e. The summed E-state index contributed by atoms with van der Waals surface area (Å²) in [5.41, 5.74) is 0.762. The fourth-order valence-electron chi connectivity index (χ4n) is 1.70. The van der Waals surface area contributed by atoms with E-state index in [0.717, 1.165) is 26.2 Å². The third-order valence-corrected chi connectivity index (χ3v) is 2.55. The van der Waals surface area contributed by atoms with Gasteiger partial charge in [0.1, 0.15) is 0 Å². The molecule has 4 heteroatoms. The second-order valence-electron chi connectivity index (χ2n) is 3.76. The van der Waals surface area contributed by atoms with Crippen molar-refractivity contribution < 1.29 is 4.74 Å². The van der Waals surface area contributed by atoms with E-state index in [1.807, 2.05) is 0 Å². The quantitative estimate of drug-likeness (QED) is 0.692. The Kier molecular flexibility index (Phi) is 2.63. The van der Waals surface area contributed by atoms with Gasteiger partial charge >= 0.3 is 0 Å². The van der Waals surface area contributed by atoms with Gasteiger partial charge in [-0.1, -0.05) is 0 Å². The van der Waals surface area contributed by atoms with Crippen LogP contribution >= 0.6 is 0 Å². The molecule has 1 fully saturated rings. The van der Waals surface area contributed by atoms with E-state index in [1.165, 1.54) is 0 Å². The van der Waals surface area contributed by atoms with Gasteiger partial charge in [0.2, 0.25) is 0 Å². The van der Waals surface area contributed by atoms with Gasteiger partial charge in [-0.15, -0.1) is 0 Å². The Balaban J connectivity index is 2.16. The molecule has 0 saturated carbocycles. The summed E-state index contributed by atoms with van der Waals surface area (Å²) in [5.74, 6) is 0.469. The van der Waals surface area contributed by atoms with E-state index in [-0.39, 0.29) is 5.56 Å². The van der Waals surface area contributed by atoms with E-state index >= 15 is 0 Å². The molecule has 1 aliphatic heterocycles. The van der Waals surface area contributed by atoms with Gasteiger partial charge < -0.3 is 4.74 Å². The number of hydrogen-bond acceptors (Lipinski definition) is 3. The average molecular weight is 194 g/mol. The molecule has 1 atom stereocenters. The van der Waals surface area contributed by atoms with Crippen LogP contribution in [0.2, 0.25) is 0 Å². The summed E-state index contributed by atoms with van der Waals surface area (Å²) in [6.07, 6.45) is 4.25. The Morgan fingerprint density at radius 2 is 2.57 bits per heavy atom. The zero-order valence-electron chi connectivity index (χ0n) is 8.27. The minimum absolute atomic E-state index is 0.0619. The maximum atomic E-state index is 11.6. The molecule has 0 spiro atoms. The summed E-state index contributed by atoms with van der Waals surface area (Å²) in [5, 5.41) is 0. The van der Waals surface area contributed by atoms with Crippen LogP contribution in [-0.4, -0.2) is 22.8 Å². The zero-order valence-corrected chi connectivity index (χ0v) is 8.27. The molecule has 1 aliphatic rings. The second-order valence-corrected chi connectivity index (χ2v) is 3.76. The molecular weight excluding hydrogens is 180 g/mol. The van der Waals surface area contributed by atoms with Crippen LogP contribution < -0.4 is 5.56 Å². The van der Waals surface area contributed by atoms with Crippen LogP contribution in [0.5, 0.6) is 0 Å². The van der Waals surface area contributed by atoms with Crippen molar-refractivity contribution in [3.05, 3.63) is 28.4 Å². The Bertz CT molecular complexity index is 367. The third-order valence-electron chi connectivity index (χ3n) is 2.55. The van der Waals surface area contributed by atoms with E-state index in [9.17, 15) is 4.79 Å². The van der Waals surface area contributed by atoms with E-state index in [4.69, 9.17) is 4.74 Å². The van der Waals surface area contributed by atoms with Gasteiger partial charge in [-0.05, 0) is 13.3 Å². The highest BCUT2D eigenvalue weighted by Gasteiger charge is 2.16. The standard InChI is InChI=1S/C10H14N2O2/c1-8-4-11-7-12(10(8)13)5-9-2-3-14-6-9/h4,7,9H,2-3,5-6H2,1H3. The van der Waals surface area contributed by atoms with E-state index in [2.05, 4.69) is 4.98 Å². The maximum Gasteiger partial charge on any atom is 0.256 e. The van der Waals surface area contributed by atoms with Crippen LogP contribution in [0.3, 0.4) is 0 Å². The molecule has 0 radical (unpaired) electrons. The number of ether oxygens (including phenoxy) is 1. The fourth-order valence-corrected chi connectivity index (χ4v) is 1.70. The highest BCUT2D eigenvalue weighted by molar-refractivity contribution is 5.00. The Hall–Kier alpha value is -1.16.